The van der Waals surface area contributed by atoms with Crippen molar-refractivity contribution in [2.45, 2.75) is 13.3 Å². The van der Waals surface area contributed by atoms with Gasteiger partial charge in [0.1, 0.15) is 11.1 Å². The summed E-state index contributed by atoms with van der Waals surface area (Å²) in [6.45, 7) is 1.63. The van der Waals surface area contributed by atoms with Gasteiger partial charge in [-0.15, -0.1) is 11.3 Å². The second kappa shape index (κ2) is 7.38. The third-order valence-corrected chi connectivity index (χ3v) is 3.80. The van der Waals surface area contributed by atoms with Crippen molar-refractivity contribution in [3.8, 4) is 6.07 Å². The molecule has 0 aliphatic heterocycles. The number of amides is 1. The number of ether oxygens (including phenoxy) is 1. The van der Waals surface area contributed by atoms with Crippen LogP contribution in [0.25, 0.3) is 0 Å². The molecule has 22 heavy (non-hydrogen) atoms. The number of carbonyl (C=O) groups is 2. The zero-order valence-corrected chi connectivity index (χ0v) is 12.8. The van der Waals surface area contributed by atoms with Crippen molar-refractivity contribution in [1.29, 1.82) is 5.26 Å². The van der Waals surface area contributed by atoms with Crippen molar-refractivity contribution >= 4 is 28.2 Å². The van der Waals surface area contributed by atoms with E-state index < -0.39 is 18.5 Å². The number of hydrogen-bond donors (Lipinski definition) is 1. The second-order valence-electron chi connectivity index (χ2n) is 4.45. The fraction of sp³-hybridized carbons (Fsp3) is 0.188. The van der Waals surface area contributed by atoms with E-state index in [-0.39, 0.29) is 0 Å². The molecule has 2 rings (SSSR count). The highest BCUT2D eigenvalue weighted by Gasteiger charge is 2.12. The van der Waals surface area contributed by atoms with E-state index in [4.69, 9.17) is 10.00 Å². The number of esters is 1. The van der Waals surface area contributed by atoms with Gasteiger partial charge in [0.25, 0.3) is 5.91 Å². The number of hydrogen-bond acceptors (Lipinski definition) is 5. The van der Waals surface area contributed by atoms with Crippen LogP contribution in [0, 0.1) is 11.3 Å². The van der Waals surface area contributed by atoms with Crippen LogP contribution < -0.4 is 5.32 Å². The van der Waals surface area contributed by atoms with Crippen LogP contribution in [0.3, 0.4) is 0 Å². The van der Waals surface area contributed by atoms with Gasteiger partial charge in [-0.25, -0.2) is 4.79 Å². The van der Waals surface area contributed by atoms with Crippen molar-refractivity contribution in [3.05, 3.63) is 52.4 Å². The number of anilines is 1. The van der Waals surface area contributed by atoms with Gasteiger partial charge in [-0.1, -0.05) is 19.1 Å². The van der Waals surface area contributed by atoms with E-state index in [2.05, 4.69) is 5.32 Å². The Morgan fingerprint density at radius 2 is 2.00 bits per heavy atom. The molecule has 2 aromatic rings. The number of nitrogens with zero attached hydrogens (tertiary/aromatic N) is 1. The van der Waals surface area contributed by atoms with Gasteiger partial charge < -0.3 is 10.1 Å². The topological polar surface area (TPSA) is 79.2 Å². The summed E-state index contributed by atoms with van der Waals surface area (Å²) in [6.07, 6.45) is 0.889. The Balaban J connectivity index is 1.88. The lowest BCUT2D eigenvalue weighted by molar-refractivity contribution is -0.119. The van der Waals surface area contributed by atoms with Gasteiger partial charge in [0.2, 0.25) is 0 Å². The zero-order valence-electron chi connectivity index (χ0n) is 12.0. The molecule has 1 amide bonds. The third-order valence-electron chi connectivity index (χ3n) is 2.97. The summed E-state index contributed by atoms with van der Waals surface area (Å²) >= 11 is 1.24. The molecular weight excluding hydrogens is 300 g/mol. The Bertz CT molecular complexity index is 714. The molecule has 1 N–H and O–H groups in total. The predicted octanol–water partition coefficient (Wildman–Crippen LogP) is 2.98. The largest absolute Gasteiger partial charge is 0.452 e. The molecule has 0 aliphatic rings. The quantitative estimate of drug-likeness (QED) is 0.860. The van der Waals surface area contributed by atoms with Crippen molar-refractivity contribution in [3.63, 3.8) is 0 Å². The minimum atomic E-state index is -0.551. The average molecular weight is 314 g/mol. The fourth-order valence-electron chi connectivity index (χ4n) is 1.75. The summed E-state index contributed by atoms with van der Waals surface area (Å²) in [6, 6.07) is 10.6. The molecule has 0 spiro atoms. The van der Waals surface area contributed by atoms with Crippen LogP contribution in [0.4, 0.5) is 5.00 Å². The highest BCUT2D eigenvalue weighted by Crippen LogP contribution is 2.21. The first-order valence-electron chi connectivity index (χ1n) is 6.67. The molecule has 0 radical (unpaired) electrons. The lowest BCUT2D eigenvalue weighted by Gasteiger charge is -2.06. The molecule has 5 nitrogen and oxygen atoms in total. The minimum Gasteiger partial charge on any atom is -0.452 e. The molecule has 6 heteroatoms. The van der Waals surface area contributed by atoms with E-state index in [0.717, 1.165) is 12.0 Å². The highest BCUT2D eigenvalue weighted by atomic mass is 32.1. The van der Waals surface area contributed by atoms with Gasteiger partial charge in [-0.05, 0) is 35.6 Å². The molecule has 0 unspecified atom stereocenters. The van der Waals surface area contributed by atoms with Crippen molar-refractivity contribution in [1.82, 2.24) is 0 Å². The van der Waals surface area contributed by atoms with E-state index in [1.807, 2.05) is 25.1 Å². The zero-order chi connectivity index (χ0) is 15.9. The standard InChI is InChI=1S/C16H14N2O3S/c1-2-11-3-5-12(6-4-11)16(20)21-10-14(19)18-15-13(9-17)7-8-22-15/h3-8H,2,10H2,1H3,(H,18,19). The first-order valence-corrected chi connectivity index (χ1v) is 7.55. The van der Waals surface area contributed by atoms with E-state index in [9.17, 15) is 9.59 Å². The van der Waals surface area contributed by atoms with Crippen LogP contribution in [0.5, 0.6) is 0 Å². The maximum atomic E-state index is 11.8. The molecule has 0 fully saturated rings. The van der Waals surface area contributed by atoms with Crippen molar-refractivity contribution in [2.24, 2.45) is 0 Å². The predicted molar refractivity (Wildman–Crippen MR) is 83.8 cm³/mol. The molecule has 112 valence electrons. The van der Waals surface area contributed by atoms with Gasteiger partial charge in [0.15, 0.2) is 6.61 Å². The summed E-state index contributed by atoms with van der Waals surface area (Å²) in [4.78, 5) is 23.5. The lowest BCUT2D eigenvalue weighted by Crippen LogP contribution is -2.20. The van der Waals surface area contributed by atoms with E-state index in [1.165, 1.54) is 11.3 Å². The number of nitriles is 1. The summed E-state index contributed by atoms with van der Waals surface area (Å²) < 4.78 is 4.96. The minimum absolute atomic E-state index is 0.389. The summed E-state index contributed by atoms with van der Waals surface area (Å²) in [7, 11) is 0. The molecule has 0 atom stereocenters. The third kappa shape index (κ3) is 3.93. The number of rotatable bonds is 5. The first kappa shape index (κ1) is 15.7. The summed E-state index contributed by atoms with van der Waals surface area (Å²) in [5.41, 5.74) is 1.91. The molecule has 1 aromatic carbocycles. The molecule has 0 saturated carbocycles. The monoisotopic (exact) mass is 314 g/mol. The lowest BCUT2D eigenvalue weighted by atomic mass is 10.1. The van der Waals surface area contributed by atoms with Gasteiger partial charge in [-0.3, -0.25) is 4.79 Å². The Labute approximate surface area is 132 Å². The number of carbonyl (C=O) groups excluding carboxylic acids is 2. The number of nitrogens with one attached hydrogen (secondary N) is 1. The van der Waals surface area contributed by atoms with E-state index >= 15 is 0 Å². The molecule has 0 bridgehead atoms. The number of aryl methyl sites for hydroxylation is 1. The molecular formula is C16H14N2O3S. The van der Waals surface area contributed by atoms with Gasteiger partial charge in [-0.2, -0.15) is 5.26 Å². The van der Waals surface area contributed by atoms with Gasteiger partial charge >= 0.3 is 5.97 Å². The Hall–Kier alpha value is -2.65. The van der Waals surface area contributed by atoms with Crippen LogP contribution in [0.1, 0.15) is 28.4 Å². The van der Waals surface area contributed by atoms with Crippen LogP contribution in [-0.4, -0.2) is 18.5 Å². The highest BCUT2D eigenvalue weighted by molar-refractivity contribution is 7.14. The van der Waals surface area contributed by atoms with Crippen LogP contribution in [-0.2, 0) is 16.0 Å². The van der Waals surface area contributed by atoms with E-state index in [1.54, 1.807) is 23.6 Å². The number of thiophene rings is 1. The van der Waals surface area contributed by atoms with Crippen molar-refractivity contribution < 1.29 is 14.3 Å². The van der Waals surface area contributed by atoms with Crippen LogP contribution >= 0.6 is 11.3 Å². The Kier molecular flexibility index (Phi) is 5.28. The van der Waals surface area contributed by atoms with Gasteiger partial charge in [0.05, 0.1) is 11.1 Å². The Morgan fingerprint density at radius 1 is 1.27 bits per heavy atom. The summed E-state index contributed by atoms with van der Waals surface area (Å²) in [5, 5.41) is 13.6. The van der Waals surface area contributed by atoms with Crippen molar-refractivity contribution in [2.75, 3.05) is 11.9 Å². The maximum Gasteiger partial charge on any atom is 0.338 e. The van der Waals surface area contributed by atoms with Crippen LogP contribution in [0.2, 0.25) is 0 Å². The molecule has 0 saturated heterocycles. The average Bonchev–Trinajstić information content (AvgIpc) is 2.99. The summed E-state index contributed by atoms with van der Waals surface area (Å²) in [5.74, 6) is -1.03. The fourth-order valence-corrected chi connectivity index (χ4v) is 2.50. The van der Waals surface area contributed by atoms with E-state index in [0.29, 0.717) is 16.1 Å². The van der Waals surface area contributed by atoms with Gasteiger partial charge in [0, 0.05) is 0 Å². The number of benzene rings is 1. The first-order chi connectivity index (χ1) is 10.6. The maximum absolute atomic E-state index is 11.8. The Morgan fingerprint density at radius 3 is 2.64 bits per heavy atom. The normalized spacial score (nSPS) is 9.82. The van der Waals surface area contributed by atoms with Crippen LogP contribution in [0.15, 0.2) is 35.7 Å². The molecule has 1 heterocycles. The molecule has 0 aliphatic carbocycles. The smallest absolute Gasteiger partial charge is 0.338 e. The SMILES string of the molecule is CCc1ccc(C(=O)OCC(=O)Nc2sccc2C#N)cc1. The molecule has 1 aromatic heterocycles. The second-order valence-corrected chi connectivity index (χ2v) is 5.37.